The summed E-state index contributed by atoms with van der Waals surface area (Å²) in [5.41, 5.74) is 1.22. The number of rotatable bonds is 1. The van der Waals surface area contributed by atoms with E-state index in [1.165, 1.54) is 0 Å². The van der Waals surface area contributed by atoms with Crippen molar-refractivity contribution >= 4 is 43.5 Å². The second-order valence-electron chi connectivity index (χ2n) is 3.87. The Morgan fingerprint density at radius 1 is 1.47 bits per heavy atom. The van der Waals surface area contributed by atoms with Crippen LogP contribution in [0.4, 0.5) is 5.69 Å². The van der Waals surface area contributed by atoms with Crippen molar-refractivity contribution < 1.29 is 4.79 Å². The maximum atomic E-state index is 12.0. The predicted molar refractivity (Wildman–Crippen MR) is 73.2 cm³/mol. The molecule has 88 valence electrons. The van der Waals surface area contributed by atoms with Crippen molar-refractivity contribution in [2.75, 3.05) is 11.4 Å². The molecule has 1 aromatic rings. The highest BCUT2D eigenvalue weighted by Gasteiger charge is 2.28. The number of hydrogen-bond acceptors (Lipinski definition) is 2. The normalized spacial score (nSPS) is 20.2. The molecule has 1 saturated heterocycles. The Morgan fingerprint density at radius 2 is 2.24 bits per heavy atom. The van der Waals surface area contributed by atoms with Crippen LogP contribution in [0.15, 0.2) is 22.7 Å². The quantitative estimate of drug-likeness (QED) is 0.724. The zero-order chi connectivity index (χ0) is 12.4. The number of nitrogens with zero attached hydrogens (tertiary/aromatic N) is 2. The first-order valence-electron chi connectivity index (χ1n) is 5.28. The minimum absolute atomic E-state index is 0.0371. The molecule has 17 heavy (non-hydrogen) atoms. The second kappa shape index (κ2) is 5.19. The number of alkyl halides is 1. The smallest absolute Gasteiger partial charge is 0.240 e. The summed E-state index contributed by atoms with van der Waals surface area (Å²) in [4.78, 5) is 13.6. The average molecular weight is 358 g/mol. The van der Waals surface area contributed by atoms with Gasteiger partial charge in [-0.2, -0.15) is 5.26 Å². The molecule has 1 aliphatic heterocycles. The Kier molecular flexibility index (Phi) is 3.85. The van der Waals surface area contributed by atoms with Crippen LogP contribution >= 0.6 is 31.9 Å². The van der Waals surface area contributed by atoms with Gasteiger partial charge in [-0.1, -0.05) is 31.9 Å². The first-order valence-corrected chi connectivity index (χ1v) is 6.99. The molecule has 0 aromatic heterocycles. The molecule has 1 aromatic carbocycles. The predicted octanol–water partition coefficient (Wildman–Crippen LogP) is 3.21. The molecule has 0 bridgehead atoms. The molecule has 1 amide bonds. The van der Waals surface area contributed by atoms with Crippen LogP contribution in [0.5, 0.6) is 0 Å². The van der Waals surface area contributed by atoms with Gasteiger partial charge in [0.05, 0.1) is 16.1 Å². The number of amides is 1. The lowest BCUT2D eigenvalue weighted by Crippen LogP contribution is -2.42. The van der Waals surface area contributed by atoms with E-state index in [0.29, 0.717) is 17.8 Å². The van der Waals surface area contributed by atoms with E-state index in [-0.39, 0.29) is 10.7 Å². The van der Waals surface area contributed by atoms with Gasteiger partial charge in [-0.25, -0.2) is 0 Å². The van der Waals surface area contributed by atoms with Crippen LogP contribution in [-0.2, 0) is 4.79 Å². The minimum atomic E-state index is -0.133. The molecule has 0 saturated carbocycles. The van der Waals surface area contributed by atoms with E-state index in [1.807, 2.05) is 12.1 Å². The number of carbonyl (C=O) groups is 1. The van der Waals surface area contributed by atoms with Gasteiger partial charge in [0.2, 0.25) is 5.91 Å². The molecule has 0 radical (unpaired) electrons. The Labute approximate surface area is 117 Å². The maximum Gasteiger partial charge on any atom is 0.240 e. The maximum absolute atomic E-state index is 12.0. The summed E-state index contributed by atoms with van der Waals surface area (Å²) in [6.07, 6.45) is 1.80. The highest BCUT2D eigenvalue weighted by molar-refractivity contribution is 9.10. The van der Waals surface area contributed by atoms with Crippen molar-refractivity contribution in [2.24, 2.45) is 0 Å². The van der Waals surface area contributed by atoms with Gasteiger partial charge in [-0.15, -0.1) is 0 Å². The lowest BCUT2D eigenvalue weighted by molar-refractivity contribution is -0.118. The van der Waals surface area contributed by atoms with Gasteiger partial charge in [-0.05, 0) is 31.0 Å². The van der Waals surface area contributed by atoms with Crippen LogP contribution in [0, 0.1) is 11.3 Å². The highest BCUT2D eigenvalue weighted by Crippen LogP contribution is 2.29. The zero-order valence-corrected chi connectivity index (χ0v) is 12.2. The number of halogens is 2. The van der Waals surface area contributed by atoms with Gasteiger partial charge >= 0.3 is 0 Å². The number of piperidine rings is 1. The Bertz CT molecular complexity index is 496. The summed E-state index contributed by atoms with van der Waals surface area (Å²) >= 11 is 6.69. The molecule has 3 nitrogen and oxygen atoms in total. The Morgan fingerprint density at radius 3 is 2.94 bits per heavy atom. The summed E-state index contributed by atoms with van der Waals surface area (Å²) in [5.74, 6) is 0.0371. The largest absolute Gasteiger partial charge is 0.310 e. The van der Waals surface area contributed by atoms with Gasteiger partial charge in [-0.3, -0.25) is 4.79 Å². The molecule has 0 spiro atoms. The Balaban J connectivity index is 2.40. The molecule has 1 aliphatic rings. The van der Waals surface area contributed by atoms with Crippen molar-refractivity contribution in [3.05, 3.63) is 28.2 Å². The van der Waals surface area contributed by atoms with Crippen molar-refractivity contribution in [1.82, 2.24) is 0 Å². The molecule has 1 heterocycles. The molecule has 5 heteroatoms. The monoisotopic (exact) mass is 356 g/mol. The van der Waals surface area contributed by atoms with Crippen LogP contribution in [0.1, 0.15) is 18.4 Å². The lowest BCUT2D eigenvalue weighted by atomic mass is 10.1. The van der Waals surface area contributed by atoms with Crippen LogP contribution < -0.4 is 4.90 Å². The summed E-state index contributed by atoms with van der Waals surface area (Å²) < 4.78 is 0.845. The van der Waals surface area contributed by atoms with E-state index in [4.69, 9.17) is 5.26 Å². The number of anilines is 1. The summed E-state index contributed by atoms with van der Waals surface area (Å²) in [6.45, 7) is 0.678. The van der Waals surface area contributed by atoms with E-state index in [9.17, 15) is 4.79 Å². The van der Waals surface area contributed by atoms with Crippen LogP contribution in [0.3, 0.4) is 0 Å². The third-order valence-corrected chi connectivity index (χ3v) is 4.09. The SMILES string of the molecule is N#Cc1cc(Br)ccc1N1CCCC(Br)C1=O. The zero-order valence-electron chi connectivity index (χ0n) is 8.99. The van der Waals surface area contributed by atoms with Gasteiger partial charge in [0.1, 0.15) is 6.07 Å². The minimum Gasteiger partial charge on any atom is -0.310 e. The number of hydrogen-bond donors (Lipinski definition) is 0. The number of carbonyl (C=O) groups excluding carboxylic acids is 1. The van der Waals surface area contributed by atoms with Gasteiger partial charge in [0, 0.05) is 11.0 Å². The Hall–Kier alpha value is -0.860. The van der Waals surface area contributed by atoms with Gasteiger partial charge in [0.15, 0.2) is 0 Å². The standard InChI is InChI=1S/C12H10Br2N2O/c13-9-3-4-11(8(6-9)7-15)16-5-1-2-10(14)12(16)17/h3-4,6,10H,1-2,5H2. The second-order valence-corrected chi connectivity index (χ2v) is 5.89. The summed E-state index contributed by atoms with van der Waals surface area (Å²) in [6, 6.07) is 7.53. The highest BCUT2D eigenvalue weighted by atomic mass is 79.9. The molecule has 1 fully saturated rings. The summed E-state index contributed by atoms with van der Waals surface area (Å²) in [7, 11) is 0. The van der Waals surface area contributed by atoms with Crippen molar-refractivity contribution in [1.29, 1.82) is 5.26 Å². The van der Waals surface area contributed by atoms with Crippen LogP contribution in [-0.4, -0.2) is 17.3 Å². The summed E-state index contributed by atoms with van der Waals surface area (Å²) in [5, 5.41) is 9.11. The van der Waals surface area contributed by atoms with E-state index in [2.05, 4.69) is 37.9 Å². The van der Waals surface area contributed by atoms with E-state index in [0.717, 1.165) is 17.3 Å². The third-order valence-electron chi connectivity index (χ3n) is 2.74. The molecule has 0 aliphatic carbocycles. The van der Waals surface area contributed by atoms with E-state index >= 15 is 0 Å². The third kappa shape index (κ3) is 2.53. The number of nitriles is 1. The molecule has 1 unspecified atom stereocenters. The van der Waals surface area contributed by atoms with Gasteiger partial charge in [0.25, 0.3) is 0 Å². The van der Waals surface area contributed by atoms with Crippen molar-refractivity contribution in [3.8, 4) is 6.07 Å². The molecular weight excluding hydrogens is 348 g/mol. The van der Waals surface area contributed by atoms with Crippen molar-refractivity contribution in [3.63, 3.8) is 0 Å². The first kappa shape index (κ1) is 12.6. The molecule has 1 atom stereocenters. The van der Waals surface area contributed by atoms with Crippen LogP contribution in [0.25, 0.3) is 0 Å². The average Bonchev–Trinajstić information content (AvgIpc) is 2.33. The van der Waals surface area contributed by atoms with Crippen LogP contribution in [0.2, 0.25) is 0 Å². The fourth-order valence-electron chi connectivity index (χ4n) is 1.90. The van der Waals surface area contributed by atoms with E-state index in [1.54, 1.807) is 11.0 Å². The first-order chi connectivity index (χ1) is 8.13. The fraction of sp³-hybridized carbons (Fsp3) is 0.333. The topological polar surface area (TPSA) is 44.1 Å². The number of benzene rings is 1. The molecule has 2 rings (SSSR count). The lowest BCUT2D eigenvalue weighted by Gasteiger charge is -2.30. The van der Waals surface area contributed by atoms with Crippen molar-refractivity contribution in [2.45, 2.75) is 17.7 Å². The molecule has 0 N–H and O–H groups in total. The van der Waals surface area contributed by atoms with Gasteiger partial charge < -0.3 is 4.90 Å². The molecular formula is C12H10Br2N2O. The van der Waals surface area contributed by atoms with E-state index < -0.39 is 0 Å². The fourth-order valence-corrected chi connectivity index (χ4v) is 2.84.